The number of fused-ring (bicyclic) bond motifs is 1. The molecule has 0 aliphatic rings. The highest BCUT2D eigenvalue weighted by molar-refractivity contribution is 7.80. The lowest BCUT2D eigenvalue weighted by Gasteiger charge is -2.12. The van der Waals surface area contributed by atoms with E-state index in [2.05, 4.69) is 33.2 Å². The normalized spacial score (nSPS) is 10.8. The van der Waals surface area contributed by atoms with Gasteiger partial charge in [0, 0.05) is 5.56 Å². The zero-order chi connectivity index (χ0) is 19.4. The SMILES string of the molecule is CC(C)COc1cccc(C(=O)NC(=S)Nc2c(Cl)ccc3nsnc23)c1. The first-order valence-electron chi connectivity index (χ1n) is 8.20. The second kappa shape index (κ2) is 8.60. The number of hydrogen-bond acceptors (Lipinski definition) is 6. The van der Waals surface area contributed by atoms with Crippen LogP contribution in [0.3, 0.4) is 0 Å². The van der Waals surface area contributed by atoms with Crippen LogP contribution in [0.2, 0.25) is 5.02 Å². The Morgan fingerprint density at radius 3 is 2.89 bits per heavy atom. The van der Waals surface area contributed by atoms with E-state index in [-0.39, 0.29) is 11.0 Å². The van der Waals surface area contributed by atoms with E-state index in [1.54, 1.807) is 30.3 Å². The highest BCUT2D eigenvalue weighted by Crippen LogP contribution is 2.29. The molecule has 0 saturated heterocycles. The summed E-state index contributed by atoms with van der Waals surface area (Å²) in [4.78, 5) is 12.5. The van der Waals surface area contributed by atoms with Crippen molar-refractivity contribution in [2.75, 3.05) is 11.9 Å². The molecule has 0 radical (unpaired) electrons. The molecule has 9 heteroatoms. The third kappa shape index (κ3) is 4.91. The predicted molar refractivity (Wildman–Crippen MR) is 113 cm³/mol. The molecule has 6 nitrogen and oxygen atoms in total. The molecule has 3 rings (SSSR count). The lowest BCUT2D eigenvalue weighted by atomic mass is 10.2. The van der Waals surface area contributed by atoms with Gasteiger partial charge in [-0.2, -0.15) is 8.75 Å². The zero-order valence-electron chi connectivity index (χ0n) is 14.7. The molecule has 0 aliphatic carbocycles. The highest BCUT2D eigenvalue weighted by atomic mass is 35.5. The Hall–Kier alpha value is -2.29. The smallest absolute Gasteiger partial charge is 0.257 e. The van der Waals surface area contributed by atoms with Crippen molar-refractivity contribution in [2.45, 2.75) is 13.8 Å². The molecule has 1 heterocycles. The third-order valence-electron chi connectivity index (χ3n) is 3.52. The van der Waals surface area contributed by atoms with Crippen molar-refractivity contribution in [1.29, 1.82) is 0 Å². The van der Waals surface area contributed by atoms with Crippen molar-refractivity contribution in [3.8, 4) is 5.75 Å². The number of benzene rings is 2. The molecule has 0 spiro atoms. The first kappa shape index (κ1) is 19.5. The van der Waals surface area contributed by atoms with Crippen LogP contribution < -0.4 is 15.4 Å². The molecule has 1 aromatic heterocycles. The van der Waals surface area contributed by atoms with Crippen LogP contribution in [0.15, 0.2) is 36.4 Å². The fraction of sp³-hybridized carbons (Fsp3) is 0.222. The summed E-state index contributed by atoms with van der Waals surface area (Å²) in [5.41, 5.74) is 2.27. The molecule has 0 atom stereocenters. The summed E-state index contributed by atoms with van der Waals surface area (Å²) in [7, 11) is 0. The van der Waals surface area contributed by atoms with Crippen molar-refractivity contribution >= 4 is 63.3 Å². The molecule has 0 saturated carbocycles. The topological polar surface area (TPSA) is 76.1 Å². The Kier molecular flexibility index (Phi) is 6.20. The Bertz CT molecular complexity index is 990. The van der Waals surface area contributed by atoms with Crippen LogP contribution in [0.5, 0.6) is 5.75 Å². The molecule has 1 amide bonds. The lowest BCUT2D eigenvalue weighted by Crippen LogP contribution is -2.34. The Morgan fingerprint density at radius 1 is 1.30 bits per heavy atom. The third-order valence-corrected chi connectivity index (χ3v) is 4.58. The van der Waals surface area contributed by atoms with Gasteiger partial charge in [0.25, 0.3) is 5.91 Å². The van der Waals surface area contributed by atoms with E-state index < -0.39 is 0 Å². The summed E-state index contributed by atoms with van der Waals surface area (Å²) in [6, 6.07) is 10.4. The van der Waals surface area contributed by atoms with Gasteiger partial charge in [0.05, 0.1) is 29.0 Å². The van der Waals surface area contributed by atoms with Gasteiger partial charge in [-0.25, -0.2) is 0 Å². The van der Waals surface area contributed by atoms with Crippen LogP contribution in [-0.4, -0.2) is 26.4 Å². The molecule has 27 heavy (non-hydrogen) atoms. The molecule has 0 aliphatic heterocycles. The van der Waals surface area contributed by atoms with Crippen molar-refractivity contribution in [2.24, 2.45) is 5.92 Å². The maximum atomic E-state index is 12.5. The van der Waals surface area contributed by atoms with E-state index in [0.29, 0.717) is 45.6 Å². The van der Waals surface area contributed by atoms with Crippen LogP contribution in [0.25, 0.3) is 11.0 Å². The van der Waals surface area contributed by atoms with Gasteiger partial charge in [-0.3, -0.25) is 10.1 Å². The molecule has 3 aromatic rings. The van der Waals surface area contributed by atoms with Crippen molar-refractivity contribution < 1.29 is 9.53 Å². The second-order valence-electron chi connectivity index (χ2n) is 6.20. The van der Waals surface area contributed by atoms with Crippen LogP contribution in [-0.2, 0) is 0 Å². The minimum atomic E-state index is -0.345. The number of thiocarbonyl (C=S) groups is 1. The van der Waals surface area contributed by atoms with E-state index in [0.717, 1.165) is 11.7 Å². The molecule has 0 bridgehead atoms. The van der Waals surface area contributed by atoms with E-state index >= 15 is 0 Å². The number of rotatable bonds is 5. The number of aromatic nitrogens is 2. The van der Waals surface area contributed by atoms with Gasteiger partial charge in [0.2, 0.25) is 0 Å². The van der Waals surface area contributed by atoms with E-state index in [9.17, 15) is 4.79 Å². The fourth-order valence-electron chi connectivity index (χ4n) is 2.26. The monoisotopic (exact) mass is 420 g/mol. The Labute approximate surface area is 171 Å². The number of nitrogens with zero attached hydrogens (tertiary/aromatic N) is 2. The van der Waals surface area contributed by atoms with E-state index in [1.165, 1.54) is 0 Å². The summed E-state index contributed by atoms with van der Waals surface area (Å²) < 4.78 is 14.0. The number of halogens is 1. The van der Waals surface area contributed by atoms with Crippen LogP contribution >= 0.6 is 35.5 Å². The number of hydrogen-bond donors (Lipinski definition) is 2. The molecule has 2 N–H and O–H groups in total. The van der Waals surface area contributed by atoms with Crippen molar-refractivity contribution in [3.63, 3.8) is 0 Å². The van der Waals surface area contributed by atoms with Gasteiger partial charge in [0.15, 0.2) is 5.11 Å². The zero-order valence-corrected chi connectivity index (χ0v) is 17.0. The molecule has 0 unspecified atom stereocenters. The second-order valence-corrected chi connectivity index (χ2v) is 7.54. The standard InChI is InChI=1S/C18H17ClN4O2S2/c1-10(2)9-25-12-5-3-4-11(8-12)17(24)21-18(26)20-15-13(19)6-7-14-16(15)23-27-22-14/h3-8,10H,9H2,1-2H3,(H2,20,21,24,26). The maximum absolute atomic E-state index is 12.5. The molecule has 0 fully saturated rings. The minimum Gasteiger partial charge on any atom is -0.493 e. The van der Waals surface area contributed by atoms with Crippen LogP contribution in [0.1, 0.15) is 24.2 Å². The van der Waals surface area contributed by atoms with Crippen molar-refractivity contribution in [1.82, 2.24) is 14.1 Å². The number of amides is 1. The van der Waals surface area contributed by atoms with Gasteiger partial charge in [-0.05, 0) is 48.5 Å². The first-order valence-corrected chi connectivity index (χ1v) is 9.71. The lowest BCUT2D eigenvalue weighted by molar-refractivity contribution is 0.0977. The van der Waals surface area contributed by atoms with Gasteiger partial charge in [0.1, 0.15) is 16.8 Å². The largest absolute Gasteiger partial charge is 0.493 e. The maximum Gasteiger partial charge on any atom is 0.257 e. The summed E-state index contributed by atoms with van der Waals surface area (Å²) >= 11 is 12.6. The first-order chi connectivity index (χ1) is 12.9. The van der Waals surface area contributed by atoms with Gasteiger partial charge >= 0.3 is 0 Å². The van der Waals surface area contributed by atoms with Crippen LogP contribution in [0.4, 0.5) is 5.69 Å². The fourth-order valence-corrected chi connectivity index (χ4v) is 3.19. The van der Waals surface area contributed by atoms with Crippen LogP contribution in [0, 0.1) is 5.92 Å². The van der Waals surface area contributed by atoms with E-state index in [1.807, 2.05) is 6.07 Å². The average Bonchev–Trinajstić information content (AvgIpc) is 3.11. The molecular formula is C18H17ClN4O2S2. The summed E-state index contributed by atoms with van der Waals surface area (Å²) in [6.07, 6.45) is 0. The number of ether oxygens (including phenoxy) is 1. The number of carbonyl (C=O) groups excluding carboxylic acids is 1. The Morgan fingerprint density at radius 2 is 2.11 bits per heavy atom. The summed E-state index contributed by atoms with van der Waals surface area (Å²) in [5, 5.41) is 6.14. The number of anilines is 1. The molecule has 140 valence electrons. The number of carbonyl (C=O) groups is 1. The van der Waals surface area contributed by atoms with E-state index in [4.69, 9.17) is 28.6 Å². The predicted octanol–water partition coefficient (Wildman–Crippen LogP) is 4.51. The quantitative estimate of drug-likeness (QED) is 0.591. The summed E-state index contributed by atoms with van der Waals surface area (Å²) in [5.74, 6) is 0.686. The van der Waals surface area contributed by atoms with Gasteiger partial charge in [-0.15, -0.1) is 0 Å². The van der Waals surface area contributed by atoms with Gasteiger partial charge in [-0.1, -0.05) is 31.5 Å². The summed E-state index contributed by atoms with van der Waals surface area (Å²) in [6.45, 7) is 4.70. The Balaban J connectivity index is 1.69. The highest BCUT2D eigenvalue weighted by Gasteiger charge is 2.14. The van der Waals surface area contributed by atoms with Gasteiger partial charge < -0.3 is 10.1 Å². The minimum absolute atomic E-state index is 0.121. The molecular weight excluding hydrogens is 404 g/mol. The molecule has 2 aromatic carbocycles. The average molecular weight is 421 g/mol. The van der Waals surface area contributed by atoms with Crippen molar-refractivity contribution in [3.05, 3.63) is 47.0 Å². The number of nitrogens with one attached hydrogen (secondary N) is 2.